The fourth-order valence-electron chi connectivity index (χ4n) is 1.69. The van der Waals surface area contributed by atoms with E-state index in [2.05, 4.69) is 10.3 Å². The summed E-state index contributed by atoms with van der Waals surface area (Å²) in [4.78, 5) is 29.3. The van der Waals surface area contributed by atoms with Crippen LogP contribution in [0.4, 0.5) is 4.79 Å². The number of nitrogens with one attached hydrogen (secondary N) is 1. The first kappa shape index (κ1) is 15.4. The minimum Gasteiger partial charge on any atom is -0.481 e. The SMILES string of the molecule is Cc1nc(C(C)N(C)C(=O)NCCC(=O)O)c(C)s1. The molecule has 1 aromatic heterocycles. The van der Waals surface area contributed by atoms with Gasteiger partial charge >= 0.3 is 12.0 Å². The van der Waals surface area contributed by atoms with E-state index in [0.717, 1.165) is 15.6 Å². The molecule has 0 aliphatic rings. The molecule has 7 heteroatoms. The molecule has 0 radical (unpaired) electrons. The number of amides is 2. The van der Waals surface area contributed by atoms with Crippen LogP contribution in [0.15, 0.2) is 0 Å². The van der Waals surface area contributed by atoms with Crippen molar-refractivity contribution in [3.8, 4) is 0 Å². The zero-order chi connectivity index (χ0) is 14.6. The number of aromatic nitrogens is 1. The van der Waals surface area contributed by atoms with Gasteiger partial charge in [-0.05, 0) is 20.8 Å². The van der Waals surface area contributed by atoms with Crippen LogP contribution in [0.1, 0.15) is 35.0 Å². The van der Waals surface area contributed by atoms with Crippen molar-refractivity contribution in [2.75, 3.05) is 13.6 Å². The number of aliphatic carboxylic acids is 1. The smallest absolute Gasteiger partial charge is 0.317 e. The first-order valence-corrected chi connectivity index (χ1v) is 6.81. The van der Waals surface area contributed by atoms with Crippen molar-refractivity contribution in [3.05, 3.63) is 15.6 Å². The molecule has 0 aromatic carbocycles. The van der Waals surface area contributed by atoms with E-state index >= 15 is 0 Å². The highest BCUT2D eigenvalue weighted by molar-refractivity contribution is 7.11. The molecular weight excluding hydrogens is 266 g/mol. The summed E-state index contributed by atoms with van der Waals surface area (Å²) in [6.45, 7) is 5.94. The summed E-state index contributed by atoms with van der Waals surface area (Å²) in [5.74, 6) is -0.929. The summed E-state index contributed by atoms with van der Waals surface area (Å²) in [5.41, 5.74) is 0.887. The molecule has 0 saturated heterocycles. The summed E-state index contributed by atoms with van der Waals surface area (Å²) >= 11 is 1.60. The van der Waals surface area contributed by atoms with Crippen molar-refractivity contribution in [3.63, 3.8) is 0 Å². The molecule has 1 unspecified atom stereocenters. The number of hydrogen-bond acceptors (Lipinski definition) is 4. The second-order valence-electron chi connectivity index (χ2n) is 4.34. The second kappa shape index (κ2) is 6.51. The van der Waals surface area contributed by atoms with Crippen molar-refractivity contribution >= 4 is 23.3 Å². The Balaban J connectivity index is 2.61. The fraction of sp³-hybridized carbons (Fsp3) is 0.583. The number of nitrogens with zero attached hydrogens (tertiary/aromatic N) is 2. The van der Waals surface area contributed by atoms with Gasteiger partial charge in [0.1, 0.15) is 0 Å². The summed E-state index contributed by atoms with van der Waals surface area (Å²) in [7, 11) is 1.68. The molecule has 6 nitrogen and oxygen atoms in total. The van der Waals surface area contributed by atoms with Gasteiger partial charge in [0.15, 0.2) is 0 Å². The minimum absolute atomic E-state index is 0.0806. The Bertz CT molecular complexity index is 473. The van der Waals surface area contributed by atoms with Crippen LogP contribution in [-0.2, 0) is 4.79 Å². The Morgan fingerprint density at radius 2 is 2.11 bits per heavy atom. The Morgan fingerprint density at radius 1 is 1.47 bits per heavy atom. The lowest BCUT2D eigenvalue weighted by atomic mass is 10.2. The third-order valence-electron chi connectivity index (χ3n) is 2.85. The van der Waals surface area contributed by atoms with E-state index in [1.807, 2.05) is 20.8 Å². The van der Waals surface area contributed by atoms with Crippen LogP contribution in [0.3, 0.4) is 0 Å². The van der Waals surface area contributed by atoms with Crippen molar-refractivity contribution < 1.29 is 14.7 Å². The normalized spacial score (nSPS) is 12.0. The van der Waals surface area contributed by atoms with Gasteiger partial charge in [-0.15, -0.1) is 11.3 Å². The molecule has 106 valence electrons. The molecule has 1 aromatic rings. The number of aryl methyl sites for hydroxylation is 2. The molecule has 0 aliphatic carbocycles. The van der Waals surface area contributed by atoms with E-state index in [9.17, 15) is 9.59 Å². The van der Waals surface area contributed by atoms with Crippen LogP contribution in [0.5, 0.6) is 0 Å². The van der Waals surface area contributed by atoms with Crippen LogP contribution >= 0.6 is 11.3 Å². The molecule has 2 N–H and O–H groups in total. The number of carboxylic acids is 1. The van der Waals surface area contributed by atoms with Gasteiger partial charge in [-0.25, -0.2) is 9.78 Å². The Kier molecular flexibility index (Phi) is 5.29. The molecule has 1 rings (SSSR count). The number of urea groups is 1. The van der Waals surface area contributed by atoms with E-state index < -0.39 is 5.97 Å². The number of rotatable bonds is 5. The zero-order valence-electron chi connectivity index (χ0n) is 11.6. The summed E-state index contributed by atoms with van der Waals surface area (Å²) < 4.78 is 0. The first-order chi connectivity index (χ1) is 8.82. The number of hydrogen-bond donors (Lipinski definition) is 2. The van der Waals surface area contributed by atoms with Crippen LogP contribution in [0, 0.1) is 13.8 Å². The lowest BCUT2D eigenvalue weighted by Gasteiger charge is -2.24. The lowest BCUT2D eigenvalue weighted by molar-refractivity contribution is -0.136. The van der Waals surface area contributed by atoms with Gasteiger partial charge in [0.25, 0.3) is 0 Å². The Labute approximate surface area is 116 Å². The van der Waals surface area contributed by atoms with Crippen LogP contribution in [-0.4, -0.2) is 40.6 Å². The molecule has 0 fully saturated rings. The molecule has 1 atom stereocenters. The summed E-state index contributed by atoms with van der Waals surface area (Å²) in [6.07, 6.45) is -0.0806. The number of carbonyl (C=O) groups is 2. The van der Waals surface area contributed by atoms with Crippen LogP contribution < -0.4 is 5.32 Å². The molecule has 0 spiro atoms. The van der Waals surface area contributed by atoms with Crippen LogP contribution in [0.2, 0.25) is 0 Å². The first-order valence-electron chi connectivity index (χ1n) is 5.99. The zero-order valence-corrected chi connectivity index (χ0v) is 12.4. The summed E-state index contributed by atoms with van der Waals surface area (Å²) in [5, 5.41) is 12.1. The quantitative estimate of drug-likeness (QED) is 0.866. The third-order valence-corrected chi connectivity index (χ3v) is 3.75. The van der Waals surface area contributed by atoms with Crippen molar-refractivity contribution in [2.45, 2.75) is 33.2 Å². The molecule has 19 heavy (non-hydrogen) atoms. The predicted octanol–water partition coefficient (Wildman–Crippen LogP) is 1.94. The molecule has 0 aliphatic heterocycles. The molecule has 0 bridgehead atoms. The molecule has 2 amide bonds. The topological polar surface area (TPSA) is 82.5 Å². The maximum atomic E-state index is 11.9. The number of carbonyl (C=O) groups excluding carboxylic acids is 1. The maximum Gasteiger partial charge on any atom is 0.317 e. The number of carboxylic acid groups (broad SMARTS) is 1. The van der Waals surface area contributed by atoms with Gasteiger partial charge in [0.05, 0.1) is 23.2 Å². The molecule has 0 saturated carbocycles. The second-order valence-corrected chi connectivity index (χ2v) is 5.74. The van der Waals surface area contributed by atoms with Gasteiger partial charge in [-0.3, -0.25) is 4.79 Å². The highest BCUT2D eigenvalue weighted by atomic mass is 32.1. The van der Waals surface area contributed by atoms with E-state index in [4.69, 9.17) is 5.11 Å². The highest BCUT2D eigenvalue weighted by Crippen LogP contribution is 2.25. The van der Waals surface area contributed by atoms with Crippen molar-refractivity contribution in [1.82, 2.24) is 15.2 Å². The van der Waals surface area contributed by atoms with E-state index in [1.165, 1.54) is 4.90 Å². The van der Waals surface area contributed by atoms with E-state index in [1.54, 1.807) is 18.4 Å². The largest absolute Gasteiger partial charge is 0.481 e. The van der Waals surface area contributed by atoms with Gasteiger partial charge < -0.3 is 15.3 Å². The fourth-order valence-corrected chi connectivity index (χ4v) is 2.60. The third kappa shape index (κ3) is 4.20. The van der Waals surface area contributed by atoms with Crippen molar-refractivity contribution in [2.24, 2.45) is 0 Å². The summed E-state index contributed by atoms with van der Waals surface area (Å²) in [6, 6.07) is -0.436. The van der Waals surface area contributed by atoms with E-state index in [0.29, 0.717) is 0 Å². The average molecular weight is 285 g/mol. The van der Waals surface area contributed by atoms with Gasteiger partial charge in [-0.2, -0.15) is 0 Å². The minimum atomic E-state index is -0.929. The van der Waals surface area contributed by atoms with Gasteiger partial charge in [0, 0.05) is 18.5 Å². The predicted molar refractivity (Wildman–Crippen MR) is 73.4 cm³/mol. The van der Waals surface area contributed by atoms with E-state index in [-0.39, 0.29) is 25.0 Å². The lowest BCUT2D eigenvalue weighted by Crippen LogP contribution is -2.39. The molecular formula is C12H19N3O3S. The Morgan fingerprint density at radius 3 is 2.58 bits per heavy atom. The monoisotopic (exact) mass is 285 g/mol. The Hall–Kier alpha value is -1.63. The number of thiazole rings is 1. The van der Waals surface area contributed by atoms with Crippen LogP contribution in [0.25, 0.3) is 0 Å². The standard InChI is InChI=1S/C12H19N3O3S/c1-7(11-8(2)19-9(3)14-11)15(4)12(18)13-6-5-10(16)17/h7H,5-6H2,1-4H3,(H,13,18)(H,16,17). The maximum absolute atomic E-state index is 11.9. The average Bonchev–Trinajstić information content (AvgIpc) is 2.66. The van der Waals surface area contributed by atoms with Gasteiger partial charge in [0.2, 0.25) is 0 Å². The molecule has 1 heterocycles. The highest BCUT2D eigenvalue weighted by Gasteiger charge is 2.21. The van der Waals surface area contributed by atoms with Gasteiger partial charge in [-0.1, -0.05) is 0 Å². The van der Waals surface area contributed by atoms with Crippen molar-refractivity contribution in [1.29, 1.82) is 0 Å².